The fraction of sp³-hybridized carbons (Fsp3) is 0.684. The Kier molecular flexibility index (Phi) is 3.93. The standard InChI is InChI=1S/C19H26N2S/c1-12-3-6-14(7-4-12)10-16-18-15-9-13(2)5-8-17(15)22-19(18)21-11-20-16/h11-14H,3-10H2,1-2H3/t12?,13-,14?/m1/s1. The minimum atomic E-state index is 0.814. The third-order valence-electron chi connectivity index (χ3n) is 5.78. The lowest BCUT2D eigenvalue weighted by atomic mass is 9.80. The topological polar surface area (TPSA) is 25.8 Å². The maximum Gasteiger partial charge on any atom is 0.127 e. The first-order valence-corrected chi connectivity index (χ1v) is 9.76. The van der Waals surface area contributed by atoms with E-state index in [4.69, 9.17) is 4.98 Å². The van der Waals surface area contributed by atoms with Crippen LogP contribution < -0.4 is 0 Å². The molecule has 1 atom stereocenters. The molecule has 2 aliphatic rings. The van der Waals surface area contributed by atoms with Gasteiger partial charge in [0.1, 0.15) is 11.2 Å². The first kappa shape index (κ1) is 14.6. The van der Waals surface area contributed by atoms with E-state index in [1.54, 1.807) is 16.8 Å². The lowest BCUT2D eigenvalue weighted by molar-refractivity contribution is 0.288. The number of aryl methyl sites for hydroxylation is 1. The summed E-state index contributed by atoms with van der Waals surface area (Å²) in [4.78, 5) is 12.1. The Bertz CT molecular complexity index is 667. The van der Waals surface area contributed by atoms with Gasteiger partial charge in [0.25, 0.3) is 0 Å². The van der Waals surface area contributed by atoms with E-state index < -0.39 is 0 Å². The van der Waals surface area contributed by atoms with Crippen molar-refractivity contribution in [3.63, 3.8) is 0 Å². The second-order valence-electron chi connectivity index (χ2n) is 7.68. The molecule has 0 bridgehead atoms. The molecular weight excluding hydrogens is 288 g/mol. The van der Waals surface area contributed by atoms with Crippen molar-refractivity contribution in [2.45, 2.75) is 65.2 Å². The van der Waals surface area contributed by atoms with Gasteiger partial charge in [0.05, 0.1) is 5.69 Å². The van der Waals surface area contributed by atoms with Gasteiger partial charge in [-0.25, -0.2) is 9.97 Å². The second-order valence-corrected chi connectivity index (χ2v) is 8.77. The van der Waals surface area contributed by atoms with Crippen molar-refractivity contribution in [1.29, 1.82) is 0 Å². The molecule has 0 radical (unpaired) electrons. The molecule has 22 heavy (non-hydrogen) atoms. The Hall–Kier alpha value is -0.960. The van der Waals surface area contributed by atoms with Gasteiger partial charge in [-0.2, -0.15) is 0 Å². The average molecular weight is 314 g/mol. The summed E-state index contributed by atoms with van der Waals surface area (Å²) in [6, 6.07) is 0. The van der Waals surface area contributed by atoms with Gasteiger partial charge in [-0.15, -0.1) is 11.3 Å². The molecule has 0 aliphatic heterocycles. The van der Waals surface area contributed by atoms with Gasteiger partial charge < -0.3 is 0 Å². The van der Waals surface area contributed by atoms with Crippen LogP contribution in [0.3, 0.4) is 0 Å². The van der Waals surface area contributed by atoms with Crippen molar-refractivity contribution < 1.29 is 0 Å². The number of hydrogen-bond acceptors (Lipinski definition) is 3. The Morgan fingerprint density at radius 2 is 1.86 bits per heavy atom. The minimum absolute atomic E-state index is 0.814. The van der Waals surface area contributed by atoms with Crippen LogP contribution in [-0.4, -0.2) is 9.97 Å². The maximum absolute atomic E-state index is 4.72. The normalized spacial score (nSPS) is 28.7. The lowest BCUT2D eigenvalue weighted by Crippen LogP contribution is -2.15. The van der Waals surface area contributed by atoms with Gasteiger partial charge in [0, 0.05) is 10.3 Å². The van der Waals surface area contributed by atoms with Crippen molar-refractivity contribution in [3.8, 4) is 0 Å². The van der Waals surface area contributed by atoms with E-state index in [9.17, 15) is 0 Å². The summed E-state index contributed by atoms with van der Waals surface area (Å²) in [5.41, 5.74) is 2.94. The fourth-order valence-electron chi connectivity index (χ4n) is 4.31. The highest BCUT2D eigenvalue weighted by molar-refractivity contribution is 7.18. The number of aromatic nitrogens is 2. The van der Waals surface area contributed by atoms with Crippen LogP contribution in [0.25, 0.3) is 10.2 Å². The molecule has 0 spiro atoms. The van der Waals surface area contributed by atoms with Gasteiger partial charge in [-0.05, 0) is 61.8 Å². The monoisotopic (exact) mass is 314 g/mol. The molecule has 0 amide bonds. The first-order chi connectivity index (χ1) is 10.7. The van der Waals surface area contributed by atoms with Gasteiger partial charge in [0.15, 0.2) is 0 Å². The predicted molar refractivity (Wildman–Crippen MR) is 93.4 cm³/mol. The van der Waals surface area contributed by atoms with E-state index in [1.165, 1.54) is 67.3 Å². The third-order valence-corrected chi connectivity index (χ3v) is 6.98. The quantitative estimate of drug-likeness (QED) is 0.763. The molecule has 4 rings (SSSR count). The molecule has 118 valence electrons. The summed E-state index contributed by atoms with van der Waals surface area (Å²) in [7, 11) is 0. The van der Waals surface area contributed by atoms with E-state index in [1.807, 2.05) is 11.3 Å². The van der Waals surface area contributed by atoms with E-state index in [0.29, 0.717) is 0 Å². The minimum Gasteiger partial charge on any atom is -0.241 e. The Balaban J connectivity index is 1.67. The maximum atomic E-state index is 4.72. The smallest absolute Gasteiger partial charge is 0.127 e. The summed E-state index contributed by atoms with van der Waals surface area (Å²) in [5, 5.41) is 1.44. The van der Waals surface area contributed by atoms with Crippen LogP contribution in [0.5, 0.6) is 0 Å². The molecule has 0 unspecified atom stereocenters. The average Bonchev–Trinajstić information content (AvgIpc) is 2.88. The molecule has 2 aromatic rings. The van der Waals surface area contributed by atoms with Gasteiger partial charge >= 0.3 is 0 Å². The molecule has 2 heterocycles. The largest absolute Gasteiger partial charge is 0.241 e. The Labute approximate surface area is 137 Å². The van der Waals surface area contributed by atoms with Crippen molar-refractivity contribution in [3.05, 3.63) is 22.5 Å². The van der Waals surface area contributed by atoms with Crippen molar-refractivity contribution in [1.82, 2.24) is 9.97 Å². The summed E-state index contributed by atoms with van der Waals surface area (Å²) in [6.07, 6.45) is 12.4. The van der Waals surface area contributed by atoms with Crippen LogP contribution >= 0.6 is 11.3 Å². The van der Waals surface area contributed by atoms with Gasteiger partial charge in [0.2, 0.25) is 0 Å². The molecule has 2 aliphatic carbocycles. The number of nitrogens with zero attached hydrogens (tertiary/aromatic N) is 2. The molecule has 0 saturated heterocycles. The SMILES string of the molecule is CC1CCC(Cc2ncnc3sc4c(c23)C[C@H](C)CC4)CC1. The molecule has 2 aromatic heterocycles. The van der Waals surface area contributed by atoms with Crippen molar-refractivity contribution in [2.75, 3.05) is 0 Å². The zero-order chi connectivity index (χ0) is 15.1. The summed E-state index contributed by atoms with van der Waals surface area (Å²) < 4.78 is 0. The van der Waals surface area contributed by atoms with E-state index in [2.05, 4.69) is 18.8 Å². The summed E-state index contributed by atoms with van der Waals surface area (Å²) in [6.45, 7) is 4.79. The Morgan fingerprint density at radius 3 is 2.68 bits per heavy atom. The zero-order valence-electron chi connectivity index (χ0n) is 13.8. The molecule has 2 nitrogen and oxygen atoms in total. The second kappa shape index (κ2) is 5.92. The van der Waals surface area contributed by atoms with Crippen molar-refractivity contribution >= 4 is 21.6 Å². The number of fused-ring (bicyclic) bond motifs is 3. The predicted octanol–water partition coefficient (Wildman–Crippen LogP) is 5.18. The summed E-state index contributed by atoms with van der Waals surface area (Å²) in [5.74, 6) is 2.58. The number of hydrogen-bond donors (Lipinski definition) is 0. The molecule has 0 aromatic carbocycles. The first-order valence-electron chi connectivity index (χ1n) is 8.94. The highest BCUT2D eigenvalue weighted by Crippen LogP contribution is 2.39. The lowest BCUT2D eigenvalue weighted by Gasteiger charge is -2.26. The fourth-order valence-corrected chi connectivity index (χ4v) is 5.51. The van der Waals surface area contributed by atoms with E-state index in [-0.39, 0.29) is 0 Å². The van der Waals surface area contributed by atoms with Crippen LogP contribution in [0, 0.1) is 17.8 Å². The highest BCUT2D eigenvalue weighted by atomic mass is 32.1. The van der Waals surface area contributed by atoms with E-state index >= 15 is 0 Å². The van der Waals surface area contributed by atoms with Crippen LogP contribution in [0.1, 0.15) is 62.1 Å². The molecular formula is C19H26N2S. The van der Waals surface area contributed by atoms with Crippen LogP contribution in [0.15, 0.2) is 6.33 Å². The van der Waals surface area contributed by atoms with Crippen LogP contribution in [0.2, 0.25) is 0 Å². The molecule has 3 heteroatoms. The van der Waals surface area contributed by atoms with Crippen LogP contribution in [0.4, 0.5) is 0 Å². The van der Waals surface area contributed by atoms with E-state index in [0.717, 1.165) is 17.8 Å². The molecule has 0 N–H and O–H groups in total. The van der Waals surface area contributed by atoms with Crippen molar-refractivity contribution in [2.24, 2.45) is 17.8 Å². The van der Waals surface area contributed by atoms with Gasteiger partial charge in [-0.3, -0.25) is 0 Å². The summed E-state index contributed by atoms with van der Waals surface area (Å²) >= 11 is 1.93. The molecule has 1 saturated carbocycles. The van der Waals surface area contributed by atoms with Crippen LogP contribution in [-0.2, 0) is 19.3 Å². The molecule has 1 fully saturated rings. The zero-order valence-corrected chi connectivity index (χ0v) is 14.6. The highest BCUT2D eigenvalue weighted by Gasteiger charge is 2.25. The number of rotatable bonds is 2. The Morgan fingerprint density at radius 1 is 1.05 bits per heavy atom. The van der Waals surface area contributed by atoms with Gasteiger partial charge in [-0.1, -0.05) is 26.7 Å². The third kappa shape index (κ3) is 2.68. The number of thiophene rings is 1.